The summed E-state index contributed by atoms with van der Waals surface area (Å²) in [4.78, 5) is 1.23. The lowest BCUT2D eigenvalue weighted by atomic mass is 10.4. The average Bonchev–Trinajstić information content (AvgIpc) is 2.57. The molecule has 3 heteroatoms. The van der Waals surface area contributed by atoms with E-state index in [9.17, 15) is 0 Å². The number of benzene rings is 3. The van der Waals surface area contributed by atoms with Crippen molar-refractivity contribution in [1.82, 2.24) is 0 Å². The van der Waals surface area contributed by atoms with Crippen molar-refractivity contribution in [3.63, 3.8) is 0 Å². The Labute approximate surface area is 135 Å². The Hall–Kier alpha value is -1.34. The highest BCUT2D eigenvalue weighted by atomic mass is 32.9. The van der Waals surface area contributed by atoms with E-state index in [1.807, 2.05) is 29.6 Å². The second-order valence-electron chi connectivity index (χ2n) is 4.63. The quantitative estimate of drug-likeness (QED) is 0.630. The maximum atomic E-state index is 6.19. The zero-order chi connectivity index (χ0) is 14.5. The first-order chi connectivity index (χ1) is 10.3. The zero-order valence-electron chi connectivity index (χ0n) is 11.4. The van der Waals surface area contributed by atoms with Crippen molar-refractivity contribution in [2.75, 3.05) is 0 Å². The fourth-order valence-electron chi connectivity index (χ4n) is 2.13. The lowest BCUT2D eigenvalue weighted by Gasteiger charge is -2.22. The first-order valence-electron chi connectivity index (χ1n) is 6.75. The van der Waals surface area contributed by atoms with Crippen molar-refractivity contribution in [2.45, 2.75) is 4.90 Å². The summed E-state index contributed by atoms with van der Waals surface area (Å²) in [7, 11) is 0. The van der Waals surface area contributed by atoms with E-state index >= 15 is 0 Å². The molecule has 0 saturated carbocycles. The van der Waals surface area contributed by atoms with E-state index in [1.165, 1.54) is 15.5 Å². The third-order valence-electron chi connectivity index (χ3n) is 3.17. The van der Waals surface area contributed by atoms with Gasteiger partial charge in [-0.1, -0.05) is 102 Å². The lowest BCUT2D eigenvalue weighted by Crippen LogP contribution is -2.12. The highest BCUT2D eigenvalue weighted by Crippen LogP contribution is 2.59. The first kappa shape index (κ1) is 14.6. The fraction of sp³-hybridized carbons (Fsp3) is 0. The molecule has 3 rings (SSSR count). The molecule has 0 heterocycles. The molecule has 3 aromatic carbocycles. The number of hydrogen-bond donors (Lipinski definition) is 0. The summed E-state index contributed by atoms with van der Waals surface area (Å²) in [6.45, 7) is 0. The van der Waals surface area contributed by atoms with Crippen LogP contribution in [0.5, 0.6) is 0 Å². The van der Waals surface area contributed by atoms with Crippen LogP contribution in [0.4, 0.5) is 0 Å². The summed E-state index contributed by atoms with van der Waals surface area (Å²) in [5.41, 5.74) is 0. The highest BCUT2D eigenvalue weighted by molar-refractivity contribution is 8.75. The van der Waals surface area contributed by atoms with Crippen molar-refractivity contribution in [2.24, 2.45) is 0 Å². The third-order valence-corrected chi connectivity index (χ3v) is 10.5. The molecular formula is C18H15PS2. The molecule has 0 aliphatic rings. The van der Waals surface area contributed by atoms with Crippen LogP contribution in [0.15, 0.2) is 95.9 Å². The summed E-state index contributed by atoms with van der Waals surface area (Å²) in [6.07, 6.45) is 0. The Morgan fingerprint density at radius 2 is 0.952 bits per heavy atom. The van der Waals surface area contributed by atoms with Gasteiger partial charge in [0.2, 0.25) is 0 Å². The molecule has 0 N–H and O–H groups in total. The Balaban J connectivity index is 2.10. The molecule has 0 aliphatic carbocycles. The van der Waals surface area contributed by atoms with E-state index in [1.54, 1.807) is 0 Å². The molecule has 3 aromatic rings. The van der Waals surface area contributed by atoms with Gasteiger partial charge in [0.25, 0.3) is 0 Å². The molecule has 0 unspecified atom stereocenters. The van der Waals surface area contributed by atoms with Gasteiger partial charge >= 0.3 is 0 Å². The molecule has 0 radical (unpaired) electrons. The zero-order valence-corrected chi connectivity index (χ0v) is 14.0. The van der Waals surface area contributed by atoms with E-state index in [2.05, 4.69) is 72.8 Å². The molecule has 0 aromatic heterocycles. The molecule has 0 nitrogen and oxygen atoms in total. The largest absolute Gasteiger partial charge is 0.0790 e. The summed E-state index contributed by atoms with van der Waals surface area (Å²) < 4.78 is 0. The minimum absolute atomic E-state index is 1.23. The van der Waals surface area contributed by atoms with Gasteiger partial charge in [-0.25, -0.2) is 0 Å². The number of rotatable bonds is 4. The second-order valence-corrected chi connectivity index (χ2v) is 11.9. The number of hydrogen-bond acceptors (Lipinski definition) is 2. The van der Waals surface area contributed by atoms with Gasteiger partial charge in [-0.2, -0.15) is 0 Å². The van der Waals surface area contributed by atoms with Crippen LogP contribution in [0.1, 0.15) is 0 Å². The minimum Gasteiger partial charge on any atom is -0.0790 e. The van der Waals surface area contributed by atoms with Crippen LogP contribution in [0, 0.1) is 0 Å². The molecule has 21 heavy (non-hydrogen) atoms. The highest BCUT2D eigenvalue weighted by Gasteiger charge is 2.23. The van der Waals surface area contributed by atoms with Gasteiger partial charge < -0.3 is 0 Å². The first-order valence-corrected chi connectivity index (χ1v) is 11.0. The van der Waals surface area contributed by atoms with Crippen molar-refractivity contribution in [1.29, 1.82) is 0 Å². The Kier molecular flexibility index (Phi) is 4.60. The van der Waals surface area contributed by atoms with Crippen molar-refractivity contribution in [3.8, 4) is 0 Å². The van der Waals surface area contributed by atoms with E-state index in [0.717, 1.165) is 0 Å². The SMILES string of the molecule is S=P(Sc1ccccc1)(c1ccccc1)c1ccccc1. The van der Waals surface area contributed by atoms with Crippen LogP contribution < -0.4 is 10.6 Å². The van der Waals surface area contributed by atoms with Crippen LogP contribution in [0.25, 0.3) is 0 Å². The van der Waals surface area contributed by atoms with E-state index in [0.29, 0.717) is 0 Å². The molecule has 0 amide bonds. The maximum absolute atomic E-state index is 6.19. The van der Waals surface area contributed by atoms with E-state index in [4.69, 9.17) is 11.8 Å². The van der Waals surface area contributed by atoms with Crippen molar-refractivity contribution < 1.29 is 0 Å². The third kappa shape index (κ3) is 3.29. The summed E-state index contributed by atoms with van der Waals surface area (Å²) in [6, 6.07) is 31.5. The van der Waals surface area contributed by atoms with Crippen LogP contribution >= 0.6 is 16.6 Å². The monoisotopic (exact) mass is 326 g/mol. The van der Waals surface area contributed by atoms with E-state index in [-0.39, 0.29) is 0 Å². The Morgan fingerprint density at radius 1 is 0.571 bits per heavy atom. The molecule has 0 atom stereocenters. The van der Waals surface area contributed by atoms with E-state index < -0.39 is 5.24 Å². The normalized spacial score (nSPS) is 11.2. The van der Waals surface area contributed by atoms with Gasteiger partial charge in [-0.15, -0.1) is 0 Å². The smallest absolute Gasteiger partial charge is 0.0659 e. The molecule has 0 aliphatic heterocycles. The van der Waals surface area contributed by atoms with Gasteiger partial charge in [0, 0.05) is 4.90 Å². The minimum atomic E-state index is -1.90. The molecule has 0 fully saturated rings. The molecule has 104 valence electrons. The lowest BCUT2D eigenvalue weighted by molar-refractivity contribution is 1.48. The van der Waals surface area contributed by atoms with Gasteiger partial charge in [-0.3, -0.25) is 0 Å². The Bertz CT molecular complexity index is 696. The van der Waals surface area contributed by atoms with Gasteiger partial charge in [0.05, 0.1) is 5.24 Å². The summed E-state index contributed by atoms with van der Waals surface area (Å²) in [5, 5.41) is 0.604. The van der Waals surface area contributed by atoms with Crippen LogP contribution in [-0.2, 0) is 11.8 Å². The van der Waals surface area contributed by atoms with Gasteiger partial charge in [0.15, 0.2) is 0 Å². The maximum Gasteiger partial charge on any atom is 0.0659 e. The van der Waals surface area contributed by atoms with Crippen molar-refractivity contribution in [3.05, 3.63) is 91.0 Å². The standard InChI is InChI=1S/C18H15PS2/c20-19(16-10-4-1-5-11-16,17-12-6-2-7-13-17)21-18-14-8-3-9-15-18/h1-15H. The summed E-state index contributed by atoms with van der Waals surface area (Å²) in [5.74, 6) is 0. The molecule has 0 saturated heterocycles. The Morgan fingerprint density at radius 3 is 1.38 bits per heavy atom. The fourth-order valence-corrected chi connectivity index (χ4v) is 8.47. The second kappa shape index (κ2) is 6.62. The predicted octanol–water partition coefficient (Wildman–Crippen LogP) is 4.82. The molecule has 0 spiro atoms. The van der Waals surface area contributed by atoms with Crippen LogP contribution in [-0.4, -0.2) is 0 Å². The molecular weight excluding hydrogens is 311 g/mol. The van der Waals surface area contributed by atoms with Crippen LogP contribution in [0.2, 0.25) is 0 Å². The predicted molar refractivity (Wildman–Crippen MR) is 98.7 cm³/mol. The summed E-state index contributed by atoms with van der Waals surface area (Å²) >= 11 is 8.01. The van der Waals surface area contributed by atoms with Gasteiger partial charge in [0.1, 0.15) is 0 Å². The van der Waals surface area contributed by atoms with Gasteiger partial charge in [-0.05, 0) is 22.7 Å². The van der Waals surface area contributed by atoms with Crippen molar-refractivity contribution >= 4 is 39.0 Å². The topological polar surface area (TPSA) is 0 Å². The molecule has 0 bridgehead atoms. The average molecular weight is 326 g/mol. The van der Waals surface area contributed by atoms with Crippen LogP contribution in [0.3, 0.4) is 0 Å².